The summed E-state index contributed by atoms with van der Waals surface area (Å²) in [6, 6.07) is 70.7. The van der Waals surface area contributed by atoms with E-state index in [-0.39, 0.29) is 22.2 Å². The molecule has 72 heavy (non-hydrogen) atoms. The van der Waals surface area contributed by atoms with Gasteiger partial charge < -0.3 is 9.64 Å². The van der Waals surface area contributed by atoms with Crippen molar-refractivity contribution in [1.29, 1.82) is 0 Å². The summed E-state index contributed by atoms with van der Waals surface area (Å²) in [5.41, 5.74) is 21.6. The minimum atomic E-state index is -0.423. The Morgan fingerprint density at radius 1 is 0.458 bits per heavy atom. The molecule has 1 heterocycles. The fourth-order valence-corrected chi connectivity index (χ4v) is 12.0. The Hall–Kier alpha value is -7.68. The molecule has 2 aliphatic carbocycles. The van der Waals surface area contributed by atoms with Gasteiger partial charge in [-0.05, 0) is 132 Å². The van der Waals surface area contributed by atoms with Crippen LogP contribution in [0.1, 0.15) is 96.0 Å². The third-order valence-corrected chi connectivity index (χ3v) is 15.9. The lowest BCUT2D eigenvalue weighted by Gasteiger charge is -2.29. The van der Waals surface area contributed by atoms with Crippen LogP contribution in [0.5, 0.6) is 5.75 Å². The van der Waals surface area contributed by atoms with E-state index in [1.54, 1.807) is 0 Å². The summed E-state index contributed by atoms with van der Waals surface area (Å²) in [7, 11) is 0. The number of fused-ring (bicyclic) bond motifs is 7. The molecule has 0 aromatic heterocycles. The van der Waals surface area contributed by atoms with E-state index in [0.29, 0.717) is 0 Å². The third kappa shape index (κ3) is 7.45. The molecule has 2 heteroatoms. The van der Waals surface area contributed by atoms with E-state index >= 15 is 0 Å². The molecule has 0 saturated heterocycles. The second kappa shape index (κ2) is 16.7. The molecule has 0 bridgehead atoms. The van der Waals surface area contributed by atoms with Crippen molar-refractivity contribution in [2.75, 3.05) is 4.90 Å². The molecule has 0 radical (unpaired) electrons. The number of allylic oxidation sites excluding steroid dienone is 2. The molecule has 2 atom stereocenters. The average molecular weight is 934 g/mol. The average Bonchev–Trinajstić information content (AvgIpc) is 3.82. The molecular formula is C70H63NO. The maximum atomic E-state index is 6.94. The summed E-state index contributed by atoms with van der Waals surface area (Å²) in [6.07, 6.45) is 8.74. The van der Waals surface area contributed by atoms with Crippen LogP contribution in [-0.2, 0) is 16.2 Å². The van der Waals surface area contributed by atoms with E-state index in [0.717, 1.165) is 39.5 Å². The molecule has 2 unspecified atom stereocenters. The monoisotopic (exact) mass is 933 g/mol. The van der Waals surface area contributed by atoms with Crippen LogP contribution in [0, 0.1) is 0 Å². The number of rotatable bonds is 7. The van der Waals surface area contributed by atoms with Crippen molar-refractivity contribution >= 4 is 27.8 Å². The van der Waals surface area contributed by atoms with Crippen LogP contribution in [0.4, 0.5) is 17.1 Å². The van der Waals surface area contributed by atoms with Crippen LogP contribution >= 0.6 is 0 Å². The van der Waals surface area contributed by atoms with Crippen molar-refractivity contribution in [3.63, 3.8) is 0 Å². The first-order chi connectivity index (χ1) is 34.6. The van der Waals surface area contributed by atoms with E-state index in [9.17, 15) is 0 Å². The molecule has 0 amide bonds. The van der Waals surface area contributed by atoms with Crippen LogP contribution in [0.15, 0.2) is 212 Å². The Morgan fingerprint density at radius 2 is 1.07 bits per heavy atom. The lowest BCUT2D eigenvalue weighted by atomic mass is 9.78. The van der Waals surface area contributed by atoms with E-state index < -0.39 is 5.60 Å². The van der Waals surface area contributed by atoms with Gasteiger partial charge in [0.2, 0.25) is 0 Å². The van der Waals surface area contributed by atoms with Crippen molar-refractivity contribution in [3.8, 4) is 61.4 Å². The van der Waals surface area contributed by atoms with Gasteiger partial charge in [0.05, 0.1) is 5.69 Å². The van der Waals surface area contributed by atoms with Crippen molar-refractivity contribution in [2.24, 2.45) is 0 Å². The lowest BCUT2D eigenvalue weighted by molar-refractivity contribution is 0.156. The molecule has 2 nitrogen and oxygen atoms in total. The number of para-hydroxylation sites is 2. The zero-order valence-corrected chi connectivity index (χ0v) is 43.1. The van der Waals surface area contributed by atoms with Gasteiger partial charge in [0, 0.05) is 39.4 Å². The van der Waals surface area contributed by atoms with E-state index in [2.05, 4.69) is 280 Å². The molecule has 1 aliphatic heterocycles. The predicted molar refractivity (Wildman–Crippen MR) is 305 cm³/mol. The zero-order chi connectivity index (χ0) is 49.7. The molecular weight excluding hydrogens is 871 g/mol. The summed E-state index contributed by atoms with van der Waals surface area (Å²) in [5, 5.41) is 2.46. The normalized spacial score (nSPS) is 17.3. The number of hydrogen-bond acceptors (Lipinski definition) is 2. The first-order valence-electron chi connectivity index (χ1n) is 25.8. The highest BCUT2D eigenvalue weighted by molar-refractivity contribution is 6.09. The van der Waals surface area contributed by atoms with Gasteiger partial charge in [-0.25, -0.2) is 0 Å². The number of benzene rings is 9. The minimum Gasteiger partial charge on any atom is -0.482 e. The quantitative estimate of drug-likeness (QED) is 0.158. The molecule has 12 rings (SSSR count). The molecule has 3 aliphatic rings. The van der Waals surface area contributed by atoms with Gasteiger partial charge in [-0.2, -0.15) is 0 Å². The fourth-order valence-electron chi connectivity index (χ4n) is 12.0. The maximum absolute atomic E-state index is 6.94. The summed E-state index contributed by atoms with van der Waals surface area (Å²) in [6.45, 7) is 20.9. The summed E-state index contributed by atoms with van der Waals surface area (Å²) < 4.78 is 6.94. The lowest BCUT2D eigenvalue weighted by Crippen LogP contribution is -2.32. The molecule has 0 saturated carbocycles. The van der Waals surface area contributed by atoms with E-state index in [1.807, 2.05) is 0 Å². The highest BCUT2D eigenvalue weighted by Crippen LogP contribution is 2.54. The van der Waals surface area contributed by atoms with Crippen molar-refractivity contribution < 1.29 is 4.74 Å². The van der Waals surface area contributed by atoms with Crippen LogP contribution < -0.4 is 9.64 Å². The Kier molecular flexibility index (Phi) is 10.5. The molecule has 354 valence electrons. The van der Waals surface area contributed by atoms with E-state index in [1.165, 1.54) is 77.5 Å². The minimum absolute atomic E-state index is 0.0154. The SMILES string of the molecule is CC(C)(C)c1cc(-c2cccc3cccc(-c4ccccc4N(c4ccc(-c5cccc6c5-c5ccccc5C6(C)C)cc4)c4cccc(-c5cccc6c5OC5(C)C=CC=CC65)c4)c23)cc(C(C)(C)C)c1. The topological polar surface area (TPSA) is 12.5 Å². The van der Waals surface area contributed by atoms with Gasteiger partial charge in [0.15, 0.2) is 0 Å². The van der Waals surface area contributed by atoms with Gasteiger partial charge in [0.1, 0.15) is 11.4 Å². The second-order valence-electron chi connectivity index (χ2n) is 23.1. The van der Waals surface area contributed by atoms with Crippen molar-refractivity contribution in [3.05, 3.63) is 240 Å². The summed E-state index contributed by atoms with van der Waals surface area (Å²) in [4.78, 5) is 2.46. The number of nitrogens with zero attached hydrogens (tertiary/aromatic N) is 1. The summed E-state index contributed by atoms with van der Waals surface area (Å²) in [5.74, 6) is 1.12. The second-order valence-corrected chi connectivity index (χ2v) is 23.1. The molecule has 0 fully saturated rings. The number of hydrogen-bond donors (Lipinski definition) is 0. The van der Waals surface area contributed by atoms with Crippen molar-refractivity contribution in [2.45, 2.75) is 90.1 Å². The Morgan fingerprint density at radius 3 is 1.82 bits per heavy atom. The van der Waals surface area contributed by atoms with Gasteiger partial charge in [-0.15, -0.1) is 0 Å². The molecule has 9 aromatic carbocycles. The van der Waals surface area contributed by atoms with Crippen molar-refractivity contribution in [1.82, 2.24) is 0 Å². The zero-order valence-electron chi connectivity index (χ0n) is 43.1. The smallest absolute Gasteiger partial charge is 0.135 e. The first kappa shape index (κ1) is 45.5. The maximum Gasteiger partial charge on any atom is 0.135 e. The van der Waals surface area contributed by atoms with Gasteiger partial charge in [0.25, 0.3) is 0 Å². The summed E-state index contributed by atoms with van der Waals surface area (Å²) >= 11 is 0. The van der Waals surface area contributed by atoms with Gasteiger partial charge in [-0.1, -0.05) is 231 Å². The first-order valence-corrected chi connectivity index (χ1v) is 25.8. The highest BCUT2D eigenvalue weighted by Gasteiger charge is 2.43. The van der Waals surface area contributed by atoms with Crippen LogP contribution in [0.2, 0.25) is 0 Å². The largest absolute Gasteiger partial charge is 0.482 e. The Labute approximate surface area is 427 Å². The Balaban J connectivity index is 1.05. The standard InChI is InChI=1S/C70H63NO/c1-67(2,3)49-41-48(42-50(44-49)68(4,5)6)54-27-17-21-46-22-18-30-57(64(46)54)56-25-11-13-35-63(56)71(52-24-16-23-47(43-52)55-29-19-31-59-61-33-14-15-40-70(61,9)72-66(55)59)51-38-36-45(37-39-51)53-28-20-34-62-65(53)58-26-10-12-32-60(58)69(62,7)8/h10-44,61H,1-9H3. The Bertz CT molecular complexity index is 3640. The number of ether oxygens (including phenoxy) is 1. The van der Waals surface area contributed by atoms with Crippen LogP contribution in [0.3, 0.4) is 0 Å². The molecule has 9 aromatic rings. The fraction of sp³-hybridized carbons (Fsp3) is 0.200. The van der Waals surface area contributed by atoms with Gasteiger partial charge in [-0.3, -0.25) is 0 Å². The van der Waals surface area contributed by atoms with Gasteiger partial charge >= 0.3 is 0 Å². The predicted octanol–water partition coefficient (Wildman–Crippen LogP) is 19.2. The van der Waals surface area contributed by atoms with Crippen LogP contribution in [-0.4, -0.2) is 5.60 Å². The van der Waals surface area contributed by atoms with Crippen LogP contribution in [0.25, 0.3) is 66.4 Å². The highest BCUT2D eigenvalue weighted by atomic mass is 16.5. The number of anilines is 3. The molecule has 0 N–H and O–H groups in total. The third-order valence-electron chi connectivity index (χ3n) is 15.9. The molecule has 0 spiro atoms. The van der Waals surface area contributed by atoms with E-state index in [4.69, 9.17) is 4.74 Å².